The number of aromatic nitrogens is 3. The van der Waals surface area contributed by atoms with E-state index in [9.17, 15) is 9.59 Å². The first-order valence-corrected chi connectivity index (χ1v) is 13.5. The summed E-state index contributed by atoms with van der Waals surface area (Å²) in [6.45, 7) is 2.54. The summed E-state index contributed by atoms with van der Waals surface area (Å²) in [6, 6.07) is 22.3. The molecule has 1 unspecified atom stereocenters. The third-order valence-electron chi connectivity index (χ3n) is 6.58. The van der Waals surface area contributed by atoms with E-state index in [1.165, 1.54) is 11.8 Å². The van der Waals surface area contributed by atoms with E-state index in [-0.39, 0.29) is 11.7 Å². The average molecular weight is 541 g/mol. The number of ether oxygens (including phenoxy) is 2. The van der Waals surface area contributed by atoms with Crippen molar-refractivity contribution < 1.29 is 19.1 Å². The number of ketones is 1. The van der Waals surface area contributed by atoms with Crippen LogP contribution < -0.4 is 14.4 Å². The Bertz CT molecular complexity index is 1510. The van der Waals surface area contributed by atoms with Crippen LogP contribution in [0.3, 0.4) is 0 Å². The van der Waals surface area contributed by atoms with E-state index in [1.807, 2.05) is 67.6 Å². The summed E-state index contributed by atoms with van der Waals surface area (Å²) >= 11 is 1.24. The molecule has 4 aromatic rings. The van der Waals surface area contributed by atoms with Crippen molar-refractivity contribution in [1.82, 2.24) is 15.2 Å². The van der Waals surface area contributed by atoms with Gasteiger partial charge in [-0.25, -0.2) is 4.98 Å². The maximum absolute atomic E-state index is 13.3. The second-order valence-corrected chi connectivity index (χ2v) is 10.3. The molecule has 2 heterocycles. The van der Waals surface area contributed by atoms with Gasteiger partial charge in [-0.15, -0.1) is 10.2 Å². The molecule has 0 radical (unpaired) electrons. The van der Waals surface area contributed by atoms with E-state index >= 15 is 0 Å². The number of rotatable bonds is 9. The molecule has 9 heteroatoms. The average Bonchev–Trinajstić information content (AvgIpc) is 3.42. The van der Waals surface area contributed by atoms with Crippen molar-refractivity contribution in [1.29, 1.82) is 0 Å². The molecule has 39 heavy (non-hydrogen) atoms. The molecule has 0 saturated carbocycles. The molecule has 0 aliphatic carbocycles. The lowest BCUT2D eigenvalue weighted by molar-refractivity contribution is -0.117. The molecule has 8 nitrogen and oxygen atoms in total. The van der Waals surface area contributed by atoms with Crippen LogP contribution in [0, 0.1) is 0 Å². The zero-order valence-corrected chi connectivity index (χ0v) is 22.8. The molecule has 3 aromatic carbocycles. The van der Waals surface area contributed by atoms with Gasteiger partial charge in [0.15, 0.2) is 5.78 Å². The molecule has 1 saturated heterocycles. The number of hydrogen-bond donors (Lipinski definition) is 0. The molecule has 1 amide bonds. The number of Topliss-reactive ketones (excluding diaryl/α,β-unsaturated/α-hetero) is 1. The minimum Gasteiger partial charge on any atom is -0.496 e. The van der Waals surface area contributed by atoms with Gasteiger partial charge < -0.3 is 14.4 Å². The highest BCUT2D eigenvalue weighted by Gasteiger charge is 2.24. The van der Waals surface area contributed by atoms with Gasteiger partial charge in [0.05, 0.1) is 19.5 Å². The van der Waals surface area contributed by atoms with Gasteiger partial charge in [0, 0.05) is 35.3 Å². The van der Waals surface area contributed by atoms with Crippen LogP contribution in [0.25, 0.3) is 22.5 Å². The van der Waals surface area contributed by atoms with E-state index in [4.69, 9.17) is 14.5 Å². The Morgan fingerprint density at radius 3 is 2.08 bits per heavy atom. The van der Waals surface area contributed by atoms with Crippen molar-refractivity contribution in [2.75, 3.05) is 25.7 Å². The fourth-order valence-corrected chi connectivity index (χ4v) is 5.38. The first-order chi connectivity index (χ1) is 19.0. The standard InChI is InChI=1S/C30H28N4O4S/c1-19(29(36)20-14-16-21(17-15-20)34-18-8-13-26(34)35)39-30-31-27(22-9-4-6-11-24(22)37-2)28(32-33-30)23-10-5-7-12-25(23)38-3/h4-7,9-12,14-17,19H,8,13,18H2,1-3H3. The highest BCUT2D eigenvalue weighted by atomic mass is 32.2. The lowest BCUT2D eigenvalue weighted by Gasteiger charge is -2.17. The fourth-order valence-electron chi connectivity index (χ4n) is 4.58. The number of hydrogen-bond acceptors (Lipinski definition) is 8. The van der Waals surface area contributed by atoms with Gasteiger partial charge in [-0.3, -0.25) is 9.59 Å². The number of carbonyl (C=O) groups is 2. The SMILES string of the molecule is COc1ccccc1-c1nnc(SC(C)C(=O)c2ccc(N3CCCC3=O)cc2)nc1-c1ccccc1OC. The van der Waals surface area contributed by atoms with Crippen LogP contribution in [0.15, 0.2) is 78.0 Å². The number of carbonyl (C=O) groups excluding carboxylic acids is 2. The van der Waals surface area contributed by atoms with E-state index < -0.39 is 5.25 Å². The molecule has 0 spiro atoms. The molecular formula is C30H28N4O4S. The van der Waals surface area contributed by atoms with Crippen LogP contribution in [0.1, 0.15) is 30.1 Å². The molecular weight excluding hydrogens is 512 g/mol. The molecule has 1 aliphatic rings. The van der Waals surface area contributed by atoms with E-state index in [0.29, 0.717) is 46.6 Å². The predicted molar refractivity (Wildman–Crippen MR) is 151 cm³/mol. The van der Waals surface area contributed by atoms with Crippen LogP contribution in [0.2, 0.25) is 0 Å². The predicted octanol–water partition coefficient (Wildman–Crippen LogP) is 5.71. The van der Waals surface area contributed by atoms with Crippen LogP contribution >= 0.6 is 11.8 Å². The summed E-state index contributed by atoms with van der Waals surface area (Å²) in [7, 11) is 3.22. The van der Waals surface area contributed by atoms with Crippen molar-refractivity contribution in [2.45, 2.75) is 30.2 Å². The lowest BCUT2D eigenvalue weighted by atomic mass is 10.0. The Kier molecular flexibility index (Phi) is 7.88. The van der Waals surface area contributed by atoms with Gasteiger partial charge in [0.2, 0.25) is 11.1 Å². The Labute approximate surface area is 231 Å². The quantitative estimate of drug-likeness (QED) is 0.197. The zero-order chi connectivity index (χ0) is 27.4. The van der Waals surface area contributed by atoms with E-state index in [0.717, 1.165) is 23.2 Å². The molecule has 1 atom stereocenters. The first kappa shape index (κ1) is 26.4. The number of benzene rings is 3. The summed E-state index contributed by atoms with van der Waals surface area (Å²) < 4.78 is 11.2. The maximum Gasteiger partial charge on any atom is 0.227 e. The number of amides is 1. The number of thioether (sulfide) groups is 1. The lowest BCUT2D eigenvalue weighted by Crippen LogP contribution is -2.23. The number of methoxy groups -OCH3 is 2. The van der Waals surface area contributed by atoms with Crippen LogP contribution in [0.4, 0.5) is 5.69 Å². The summed E-state index contributed by atoms with van der Waals surface area (Å²) in [6.07, 6.45) is 1.42. The third kappa shape index (κ3) is 5.49. The number of anilines is 1. The highest BCUT2D eigenvalue weighted by molar-refractivity contribution is 8.00. The van der Waals surface area contributed by atoms with Crippen molar-refractivity contribution >= 4 is 29.1 Å². The van der Waals surface area contributed by atoms with Crippen LogP contribution in [-0.2, 0) is 4.79 Å². The molecule has 1 aromatic heterocycles. The topological polar surface area (TPSA) is 94.5 Å². The van der Waals surface area contributed by atoms with Gasteiger partial charge in [-0.05, 0) is 61.9 Å². The Balaban J connectivity index is 1.44. The van der Waals surface area contributed by atoms with Crippen LogP contribution in [-0.4, -0.2) is 52.9 Å². The first-order valence-electron chi connectivity index (χ1n) is 12.6. The van der Waals surface area contributed by atoms with Crippen molar-refractivity contribution in [3.63, 3.8) is 0 Å². The van der Waals surface area contributed by atoms with Gasteiger partial charge >= 0.3 is 0 Å². The molecule has 5 rings (SSSR count). The summed E-state index contributed by atoms with van der Waals surface area (Å²) in [5.74, 6) is 1.35. The van der Waals surface area contributed by atoms with E-state index in [2.05, 4.69) is 10.2 Å². The van der Waals surface area contributed by atoms with Gasteiger partial charge in [-0.2, -0.15) is 0 Å². The molecule has 198 valence electrons. The normalized spacial score (nSPS) is 13.8. The second-order valence-electron chi connectivity index (χ2n) is 9.01. The highest BCUT2D eigenvalue weighted by Crippen LogP contribution is 2.39. The number of nitrogens with zero attached hydrogens (tertiary/aromatic N) is 4. The maximum atomic E-state index is 13.3. The van der Waals surface area contributed by atoms with Crippen molar-refractivity contribution in [2.24, 2.45) is 0 Å². The Morgan fingerprint density at radius 2 is 1.49 bits per heavy atom. The third-order valence-corrected chi connectivity index (χ3v) is 7.53. The monoisotopic (exact) mass is 540 g/mol. The van der Waals surface area contributed by atoms with Crippen molar-refractivity contribution in [3.8, 4) is 34.0 Å². The smallest absolute Gasteiger partial charge is 0.227 e. The molecule has 1 fully saturated rings. The second kappa shape index (κ2) is 11.7. The van der Waals surface area contributed by atoms with Gasteiger partial charge in [0.1, 0.15) is 22.9 Å². The summed E-state index contributed by atoms with van der Waals surface area (Å²) in [5, 5.41) is 8.82. The summed E-state index contributed by atoms with van der Waals surface area (Å²) in [5.41, 5.74) is 4.01. The van der Waals surface area contributed by atoms with E-state index in [1.54, 1.807) is 31.3 Å². The molecule has 0 bridgehead atoms. The van der Waals surface area contributed by atoms with Gasteiger partial charge in [0.25, 0.3) is 0 Å². The minimum absolute atomic E-state index is 0.0597. The minimum atomic E-state index is -0.464. The van der Waals surface area contributed by atoms with Crippen molar-refractivity contribution in [3.05, 3.63) is 78.4 Å². The number of para-hydroxylation sites is 2. The largest absolute Gasteiger partial charge is 0.496 e. The Hall–Kier alpha value is -4.24. The summed E-state index contributed by atoms with van der Waals surface area (Å²) in [4.78, 5) is 31.9. The van der Waals surface area contributed by atoms with Crippen LogP contribution in [0.5, 0.6) is 11.5 Å². The molecule has 1 aliphatic heterocycles. The fraction of sp³-hybridized carbons (Fsp3) is 0.233. The zero-order valence-electron chi connectivity index (χ0n) is 22.0. The molecule has 0 N–H and O–H groups in total. The Morgan fingerprint density at radius 1 is 0.872 bits per heavy atom. The van der Waals surface area contributed by atoms with Gasteiger partial charge in [-0.1, -0.05) is 36.0 Å².